The van der Waals surface area contributed by atoms with Crippen LogP contribution in [0.2, 0.25) is 0 Å². The van der Waals surface area contributed by atoms with Crippen molar-refractivity contribution in [1.29, 1.82) is 0 Å². The third kappa shape index (κ3) is 4.26. The quantitative estimate of drug-likeness (QED) is 0.701. The lowest BCUT2D eigenvalue weighted by Gasteiger charge is -2.34. The largest absolute Gasteiger partial charge is 0.390 e. The number of aliphatic hydroxyl groups is 1. The molecular weight excluding hydrogens is 210 g/mol. The predicted octanol–water partition coefficient (Wildman–Crippen LogP) is 3.34. The standard InChI is InChI=1S/C15H29NO/c1-15(17)10-6-5-9-14-8-4-2-3-7-12-16(14)13-11-15/h14,17H,2-13H2,1H3. The Hall–Kier alpha value is -0.0800. The topological polar surface area (TPSA) is 23.5 Å². The van der Waals surface area contributed by atoms with Crippen LogP contribution in [0, 0.1) is 0 Å². The second kappa shape index (κ2) is 6.19. The van der Waals surface area contributed by atoms with Gasteiger partial charge in [0.1, 0.15) is 0 Å². The van der Waals surface area contributed by atoms with Gasteiger partial charge < -0.3 is 10.0 Å². The summed E-state index contributed by atoms with van der Waals surface area (Å²) in [5.74, 6) is 0. The van der Waals surface area contributed by atoms with Gasteiger partial charge in [-0.3, -0.25) is 0 Å². The van der Waals surface area contributed by atoms with Crippen LogP contribution in [0.1, 0.15) is 71.1 Å². The van der Waals surface area contributed by atoms with Gasteiger partial charge in [0.15, 0.2) is 0 Å². The molecule has 2 fully saturated rings. The summed E-state index contributed by atoms with van der Waals surface area (Å²) in [5, 5.41) is 10.3. The highest BCUT2D eigenvalue weighted by molar-refractivity contribution is 4.81. The molecule has 2 nitrogen and oxygen atoms in total. The van der Waals surface area contributed by atoms with Crippen LogP contribution in [0.3, 0.4) is 0 Å². The molecule has 0 saturated carbocycles. The second-order valence-corrected chi connectivity index (χ2v) is 6.39. The van der Waals surface area contributed by atoms with Crippen LogP contribution in [0.15, 0.2) is 0 Å². The van der Waals surface area contributed by atoms with Gasteiger partial charge in [-0.25, -0.2) is 0 Å². The van der Waals surface area contributed by atoms with Gasteiger partial charge >= 0.3 is 0 Å². The fourth-order valence-electron chi connectivity index (χ4n) is 3.43. The molecule has 0 aromatic carbocycles. The van der Waals surface area contributed by atoms with Crippen molar-refractivity contribution in [3.63, 3.8) is 0 Å². The van der Waals surface area contributed by atoms with Crippen molar-refractivity contribution >= 4 is 0 Å². The van der Waals surface area contributed by atoms with Crippen LogP contribution in [0.4, 0.5) is 0 Å². The molecule has 1 N–H and O–H groups in total. The first-order chi connectivity index (χ1) is 8.17. The van der Waals surface area contributed by atoms with Gasteiger partial charge in [-0.15, -0.1) is 0 Å². The highest BCUT2D eigenvalue weighted by Crippen LogP contribution is 2.27. The SMILES string of the molecule is CC1(O)CCCCC2CCCCCCN2CC1. The summed E-state index contributed by atoms with van der Waals surface area (Å²) in [6, 6.07) is 0.809. The summed E-state index contributed by atoms with van der Waals surface area (Å²) in [7, 11) is 0. The number of rotatable bonds is 0. The summed E-state index contributed by atoms with van der Waals surface area (Å²) in [5.41, 5.74) is -0.419. The van der Waals surface area contributed by atoms with Gasteiger partial charge in [-0.1, -0.05) is 32.1 Å². The zero-order valence-corrected chi connectivity index (χ0v) is 11.5. The molecule has 2 atom stereocenters. The van der Waals surface area contributed by atoms with E-state index in [1.165, 1.54) is 57.9 Å². The molecule has 0 aliphatic carbocycles. The van der Waals surface area contributed by atoms with Crippen molar-refractivity contribution in [1.82, 2.24) is 4.90 Å². The molecule has 0 radical (unpaired) electrons. The summed E-state index contributed by atoms with van der Waals surface area (Å²) >= 11 is 0. The lowest BCUT2D eigenvalue weighted by Crippen LogP contribution is -2.39. The maximum Gasteiger partial charge on any atom is 0.0632 e. The molecule has 2 saturated heterocycles. The summed E-state index contributed by atoms with van der Waals surface area (Å²) in [6.07, 6.45) is 12.8. The van der Waals surface area contributed by atoms with Crippen LogP contribution in [0.5, 0.6) is 0 Å². The average molecular weight is 239 g/mol. The summed E-state index contributed by atoms with van der Waals surface area (Å²) in [4.78, 5) is 2.68. The van der Waals surface area contributed by atoms with E-state index >= 15 is 0 Å². The molecule has 2 rings (SSSR count). The zero-order chi connectivity index (χ0) is 12.1. The lowest BCUT2D eigenvalue weighted by molar-refractivity contribution is 0.0281. The molecule has 0 amide bonds. The first kappa shape index (κ1) is 13.4. The van der Waals surface area contributed by atoms with E-state index in [9.17, 15) is 5.11 Å². The normalized spacial score (nSPS) is 38.1. The van der Waals surface area contributed by atoms with Gasteiger partial charge in [-0.2, -0.15) is 0 Å². The molecule has 2 unspecified atom stereocenters. The van der Waals surface area contributed by atoms with Crippen LogP contribution < -0.4 is 0 Å². The van der Waals surface area contributed by atoms with E-state index in [1.807, 2.05) is 6.92 Å². The maximum atomic E-state index is 10.3. The van der Waals surface area contributed by atoms with E-state index in [2.05, 4.69) is 4.90 Å². The molecule has 0 spiro atoms. The van der Waals surface area contributed by atoms with Crippen molar-refractivity contribution in [2.24, 2.45) is 0 Å². The van der Waals surface area contributed by atoms with Crippen molar-refractivity contribution < 1.29 is 5.11 Å². The van der Waals surface area contributed by atoms with E-state index in [4.69, 9.17) is 0 Å². The van der Waals surface area contributed by atoms with Crippen LogP contribution in [0.25, 0.3) is 0 Å². The third-order valence-corrected chi connectivity index (χ3v) is 4.69. The van der Waals surface area contributed by atoms with E-state index in [0.717, 1.165) is 25.4 Å². The minimum absolute atomic E-state index is 0.419. The van der Waals surface area contributed by atoms with E-state index in [-0.39, 0.29) is 0 Å². The molecule has 0 aromatic rings. The van der Waals surface area contributed by atoms with Gasteiger partial charge in [-0.05, 0) is 45.6 Å². The zero-order valence-electron chi connectivity index (χ0n) is 11.5. The van der Waals surface area contributed by atoms with Crippen molar-refractivity contribution in [3.8, 4) is 0 Å². The van der Waals surface area contributed by atoms with Crippen molar-refractivity contribution in [3.05, 3.63) is 0 Å². The van der Waals surface area contributed by atoms with Gasteiger partial charge in [0.2, 0.25) is 0 Å². The number of hydrogen-bond acceptors (Lipinski definition) is 2. The van der Waals surface area contributed by atoms with E-state index in [1.54, 1.807) is 0 Å². The molecule has 17 heavy (non-hydrogen) atoms. The Bertz CT molecular complexity index is 227. The Morgan fingerprint density at radius 2 is 1.59 bits per heavy atom. The fraction of sp³-hybridized carbons (Fsp3) is 1.00. The first-order valence-electron chi connectivity index (χ1n) is 7.64. The molecule has 2 aliphatic rings. The molecule has 2 heteroatoms. The Labute approximate surface area is 106 Å². The van der Waals surface area contributed by atoms with Crippen LogP contribution in [-0.4, -0.2) is 34.7 Å². The monoisotopic (exact) mass is 239 g/mol. The van der Waals surface area contributed by atoms with E-state index < -0.39 is 5.60 Å². The fourth-order valence-corrected chi connectivity index (χ4v) is 3.43. The Balaban J connectivity index is 1.97. The average Bonchev–Trinajstić information content (AvgIpc) is 2.30. The maximum absolute atomic E-state index is 10.3. The molecule has 100 valence electrons. The lowest BCUT2D eigenvalue weighted by atomic mass is 9.95. The highest BCUT2D eigenvalue weighted by atomic mass is 16.3. The predicted molar refractivity (Wildman–Crippen MR) is 72.2 cm³/mol. The minimum atomic E-state index is -0.419. The summed E-state index contributed by atoms with van der Waals surface area (Å²) in [6.45, 7) is 4.40. The second-order valence-electron chi connectivity index (χ2n) is 6.39. The first-order valence-corrected chi connectivity index (χ1v) is 7.64. The molecule has 0 bridgehead atoms. The molecular formula is C15H29NO. The Kier molecular flexibility index (Phi) is 4.87. The Morgan fingerprint density at radius 1 is 0.882 bits per heavy atom. The summed E-state index contributed by atoms with van der Waals surface area (Å²) < 4.78 is 0. The van der Waals surface area contributed by atoms with Gasteiger partial charge in [0.25, 0.3) is 0 Å². The number of hydrogen-bond donors (Lipinski definition) is 1. The van der Waals surface area contributed by atoms with Crippen molar-refractivity contribution in [2.75, 3.05) is 13.1 Å². The molecule has 2 aliphatic heterocycles. The van der Waals surface area contributed by atoms with Gasteiger partial charge in [0, 0.05) is 12.6 Å². The van der Waals surface area contributed by atoms with Crippen molar-refractivity contribution in [2.45, 2.75) is 82.8 Å². The third-order valence-electron chi connectivity index (χ3n) is 4.69. The number of fused-ring (bicyclic) bond motifs is 1. The Morgan fingerprint density at radius 3 is 2.41 bits per heavy atom. The number of nitrogens with zero attached hydrogens (tertiary/aromatic N) is 1. The highest BCUT2D eigenvalue weighted by Gasteiger charge is 2.26. The minimum Gasteiger partial charge on any atom is -0.390 e. The molecule has 0 aromatic heterocycles. The smallest absolute Gasteiger partial charge is 0.0632 e. The van der Waals surface area contributed by atoms with E-state index in [0.29, 0.717) is 0 Å². The molecule has 2 heterocycles. The van der Waals surface area contributed by atoms with Crippen LogP contribution >= 0.6 is 0 Å². The van der Waals surface area contributed by atoms with Gasteiger partial charge in [0.05, 0.1) is 5.60 Å². The van der Waals surface area contributed by atoms with Crippen LogP contribution in [-0.2, 0) is 0 Å².